The van der Waals surface area contributed by atoms with Crippen molar-refractivity contribution in [3.8, 4) is 0 Å². The van der Waals surface area contributed by atoms with Crippen molar-refractivity contribution < 1.29 is 18.3 Å². The number of benzene rings is 2. The molecule has 0 aliphatic rings. The van der Waals surface area contributed by atoms with Crippen LogP contribution in [0.1, 0.15) is 23.5 Å². The predicted molar refractivity (Wildman–Crippen MR) is 87.7 cm³/mol. The highest BCUT2D eigenvalue weighted by Crippen LogP contribution is 2.30. The number of aromatic nitrogens is 1. The Labute approximate surface area is 138 Å². The van der Waals surface area contributed by atoms with Gasteiger partial charge in [0.15, 0.2) is 0 Å². The van der Waals surface area contributed by atoms with Gasteiger partial charge in [0.25, 0.3) is 0 Å². The minimum atomic E-state index is -0.614. The normalized spacial score (nSPS) is 12.3. The zero-order chi connectivity index (χ0) is 17.1. The molecule has 0 amide bonds. The zero-order valence-corrected chi connectivity index (χ0v) is 13.2. The quantitative estimate of drug-likeness (QED) is 0.708. The second kappa shape index (κ2) is 6.83. The molecule has 0 saturated heterocycles. The van der Waals surface area contributed by atoms with E-state index >= 15 is 0 Å². The summed E-state index contributed by atoms with van der Waals surface area (Å²) in [5.74, 6) is -2.10. The summed E-state index contributed by atoms with van der Waals surface area (Å²) in [7, 11) is 1.34. The third-order valence-corrected chi connectivity index (χ3v) is 4.20. The number of H-pyrrole nitrogens is 1. The lowest BCUT2D eigenvalue weighted by Gasteiger charge is -2.14. The van der Waals surface area contributed by atoms with Crippen molar-refractivity contribution in [1.29, 1.82) is 0 Å². The topological polar surface area (TPSA) is 42.1 Å². The highest BCUT2D eigenvalue weighted by molar-refractivity contribution is 5.89. The average Bonchev–Trinajstić information content (AvgIpc) is 3.00. The molecule has 0 bridgehead atoms. The predicted octanol–water partition coefficient (Wildman–Crippen LogP) is 4.34. The molecule has 24 heavy (non-hydrogen) atoms. The molecule has 1 unspecified atom stereocenters. The van der Waals surface area contributed by atoms with Gasteiger partial charge >= 0.3 is 5.97 Å². The number of aryl methyl sites for hydroxylation is 1. The van der Waals surface area contributed by atoms with E-state index in [-0.39, 0.29) is 5.97 Å². The molecule has 1 N–H and O–H groups in total. The van der Waals surface area contributed by atoms with Crippen molar-refractivity contribution in [1.82, 2.24) is 4.98 Å². The first-order valence-electron chi connectivity index (χ1n) is 7.68. The fraction of sp³-hybridized carbons (Fsp3) is 0.211. The maximum absolute atomic E-state index is 13.8. The van der Waals surface area contributed by atoms with Crippen molar-refractivity contribution >= 4 is 16.9 Å². The molecule has 0 aliphatic heterocycles. The fourth-order valence-electron chi connectivity index (χ4n) is 2.95. The van der Waals surface area contributed by atoms with E-state index in [1.165, 1.54) is 19.2 Å². The number of hydrogen-bond donors (Lipinski definition) is 1. The number of aromatic amines is 1. The van der Waals surface area contributed by atoms with Crippen molar-refractivity contribution in [3.63, 3.8) is 0 Å². The first-order valence-corrected chi connectivity index (χ1v) is 7.68. The van der Waals surface area contributed by atoms with E-state index in [1.807, 2.05) is 24.3 Å². The van der Waals surface area contributed by atoms with Gasteiger partial charge in [-0.2, -0.15) is 0 Å². The summed E-state index contributed by atoms with van der Waals surface area (Å²) < 4.78 is 31.7. The van der Waals surface area contributed by atoms with Crippen LogP contribution in [0.4, 0.5) is 8.78 Å². The van der Waals surface area contributed by atoms with Crippen LogP contribution >= 0.6 is 0 Å². The van der Waals surface area contributed by atoms with Gasteiger partial charge in [-0.1, -0.05) is 24.3 Å². The van der Waals surface area contributed by atoms with E-state index in [9.17, 15) is 13.6 Å². The van der Waals surface area contributed by atoms with E-state index in [4.69, 9.17) is 4.74 Å². The molecule has 1 heterocycles. The SMILES string of the molecule is COC(=O)C(CCc1ccc(F)cc1F)c1c[nH]c2ccccc12. The van der Waals surface area contributed by atoms with Gasteiger partial charge in [-0.3, -0.25) is 4.79 Å². The van der Waals surface area contributed by atoms with E-state index in [2.05, 4.69) is 4.98 Å². The number of nitrogens with one attached hydrogen (secondary N) is 1. The lowest BCUT2D eigenvalue weighted by Crippen LogP contribution is -2.15. The van der Waals surface area contributed by atoms with Crippen molar-refractivity contribution in [2.45, 2.75) is 18.8 Å². The fourth-order valence-corrected chi connectivity index (χ4v) is 2.95. The minimum Gasteiger partial charge on any atom is -0.469 e. The second-order valence-corrected chi connectivity index (χ2v) is 5.64. The van der Waals surface area contributed by atoms with Gasteiger partial charge in [-0.25, -0.2) is 8.78 Å². The first kappa shape index (κ1) is 16.2. The third kappa shape index (κ3) is 3.15. The van der Waals surface area contributed by atoms with Crippen LogP contribution in [0.3, 0.4) is 0 Å². The molecule has 5 heteroatoms. The van der Waals surface area contributed by atoms with Crippen LogP contribution in [0.25, 0.3) is 10.9 Å². The summed E-state index contributed by atoms with van der Waals surface area (Å²) in [5, 5.41) is 0.937. The van der Waals surface area contributed by atoms with E-state index < -0.39 is 17.6 Å². The number of fused-ring (bicyclic) bond motifs is 1. The maximum atomic E-state index is 13.8. The lowest BCUT2D eigenvalue weighted by atomic mass is 9.92. The number of ether oxygens (including phenoxy) is 1. The Kier molecular flexibility index (Phi) is 4.60. The lowest BCUT2D eigenvalue weighted by molar-refractivity contribution is -0.142. The van der Waals surface area contributed by atoms with Gasteiger partial charge in [0, 0.05) is 23.2 Å². The molecule has 3 nitrogen and oxygen atoms in total. The summed E-state index contributed by atoms with van der Waals surface area (Å²) in [6.07, 6.45) is 2.47. The Morgan fingerprint density at radius 1 is 1.21 bits per heavy atom. The number of halogens is 2. The number of rotatable bonds is 5. The van der Waals surface area contributed by atoms with Crippen LogP contribution in [0.2, 0.25) is 0 Å². The molecule has 124 valence electrons. The molecule has 3 aromatic rings. The first-order chi connectivity index (χ1) is 11.6. The molecule has 0 saturated carbocycles. The van der Waals surface area contributed by atoms with Crippen LogP contribution in [0.5, 0.6) is 0 Å². The number of carbonyl (C=O) groups is 1. The number of methoxy groups -OCH3 is 1. The minimum absolute atomic E-state index is 0.311. The smallest absolute Gasteiger partial charge is 0.313 e. The van der Waals surface area contributed by atoms with Crippen molar-refractivity contribution in [2.75, 3.05) is 7.11 Å². The number of hydrogen-bond acceptors (Lipinski definition) is 2. The Bertz CT molecular complexity index is 873. The monoisotopic (exact) mass is 329 g/mol. The number of para-hydroxylation sites is 1. The van der Waals surface area contributed by atoms with Crippen LogP contribution in [0, 0.1) is 11.6 Å². The van der Waals surface area contributed by atoms with Gasteiger partial charge in [-0.15, -0.1) is 0 Å². The summed E-state index contributed by atoms with van der Waals surface area (Å²) in [6.45, 7) is 0. The Morgan fingerprint density at radius 3 is 2.75 bits per heavy atom. The second-order valence-electron chi connectivity index (χ2n) is 5.64. The highest BCUT2D eigenvalue weighted by Gasteiger charge is 2.24. The number of carbonyl (C=O) groups excluding carboxylic acids is 1. The van der Waals surface area contributed by atoms with Gasteiger partial charge in [0.05, 0.1) is 13.0 Å². The van der Waals surface area contributed by atoms with Crippen LogP contribution in [-0.2, 0) is 16.0 Å². The molecule has 1 aromatic heterocycles. The van der Waals surface area contributed by atoms with E-state index in [0.717, 1.165) is 22.5 Å². The number of esters is 1. The van der Waals surface area contributed by atoms with Crippen LogP contribution in [-0.4, -0.2) is 18.1 Å². The largest absolute Gasteiger partial charge is 0.469 e. The molecule has 3 rings (SSSR count). The van der Waals surface area contributed by atoms with Gasteiger partial charge in [0.2, 0.25) is 0 Å². The molecule has 1 atom stereocenters. The van der Waals surface area contributed by atoms with Crippen LogP contribution < -0.4 is 0 Å². The highest BCUT2D eigenvalue weighted by atomic mass is 19.1. The van der Waals surface area contributed by atoms with Crippen molar-refractivity contribution in [2.24, 2.45) is 0 Å². The molecular formula is C19H17F2NO2. The molecule has 0 radical (unpaired) electrons. The van der Waals surface area contributed by atoms with Crippen LogP contribution in [0.15, 0.2) is 48.7 Å². The Balaban J connectivity index is 1.88. The summed E-state index contributed by atoms with van der Waals surface area (Å²) in [5.41, 5.74) is 2.12. The standard InChI is InChI=1S/C19H17F2NO2/c1-24-19(23)15(9-7-12-6-8-13(20)10-17(12)21)16-11-22-18-5-3-2-4-14(16)18/h2-6,8,10-11,15,22H,7,9H2,1H3. The summed E-state index contributed by atoms with van der Waals surface area (Å²) in [4.78, 5) is 15.4. The maximum Gasteiger partial charge on any atom is 0.313 e. The van der Waals surface area contributed by atoms with Gasteiger partial charge < -0.3 is 9.72 Å². The molecular weight excluding hydrogens is 312 g/mol. The van der Waals surface area contributed by atoms with Gasteiger partial charge in [-0.05, 0) is 36.1 Å². The molecule has 0 spiro atoms. The van der Waals surface area contributed by atoms with E-state index in [1.54, 1.807) is 6.20 Å². The van der Waals surface area contributed by atoms with E-state index in [0.29, 0.717) is 18.4 Å². The molecule has 0 aliphatic carbocycles. The zero-order valence-electron chi connectivity index (χ0n) is 13.2. The summed E-state index contributed by atoms with van der Waals surface area (Å²) in [6, 6.07) is 11.1. The van der Waals surface area contributed by atoms with Crippen molar-refractivity contribution in [3.05, 3.63) is 71.4 Å². The average molecular weight is 329 g/mol. The molecule has 2 aromatic carbocycles. The Hall–Kier alpha value is -2.69. The van der Waals surface area contributed by atoms with Gasteiger partial charge in [0.1, 0.15) is 11.6 Å². The Morgan fingerprint density at radius 2 is 2.00 bits per heavy atom. The third-order valence-electron chi connectivity index (χ3n) is 4.20. The summed E-state index contributed by atoms with van der Waals surface area (Å²) >= 11 is 0. The molecule has 0 fully saturated rings.